The molecule has 3 rings (SSSR count). The number of rotatable bonds is 6. The lowest BCUT2D eigenvalue weighted by Gasteiger charge is -2.28. The molecule has 6 heteroatoms. The summed E-state index contributed by atoms with van der Waals surface area (Å²) < 4.78 is 11.0. The summed E-state index contributed by atoms with van der Waals surface area (Å²) in [6, 6.07) is 13.0. The van der Waals surface area contributed by atoms with Gasteiger partial charge in [-0.2, -0.15) is 0 Å². The quantitative estimate of drug-likeness (QED) is 0.798. The molecule has 144 valence electrons. The van der Waals surface area contributed by atoms with Gasteiger partial charge in [0, 0.05) is 23.6 Å². The van der Waals surface area contributed by atoms with Crippen LogP contribution in [0.2, 0.25) is 5.02 Å². The second-order valence-corrected chi connectivity index (χ2v) is 7.28. The molecule has 0 aromatic heterocycles. The normalized spacial score (nSPS) is 20.1. The second-order valence-electron chi connectivity index (χ2n) is 6.85. The Bertz CT molecular complexity index is 795. The van der Waals surface area contributed by atoms with Gasteiger partial charge in [-0.15, -0.1) is 0 Å². The van der Waals surface area contributed by atoms with Crippen LogP contribution in [0.1, 0.15) is 31.4 Å². The van der Waals surface area contributed by atoms with Crippen molar-refractivity contribution in [3.63, 3.8) is 0 Å². The van der Waals surface area contributed by atoms with Crippen LogP contribution in [-0.2, 0) is 4.79 Å². The molecular weight excluding hydrogens is 364 g/mol. The van der Waals surface area contributed by atoms with E-state index in [2.05, 4.69) is 5.32 Å². The van der Waals surface area contributed by atoms with Crippen LogP contribution >= 0.6 is 11.6 Å². The van der Waals surface area contributed by atoms with Gasteiger partial charge in [0.2, 0.25) is 0 Å². The fourth-order valence-electron chi connectivity index (χ4n) is 3.81. The minimum absolute atomic E-state index is 0.00101. The van der Waals surface area contributed by atoms with E-state index < -0.39 is 0 Å². The number of quaternary nitrogens is 1. The molecule has 0 radical (unpaired) electrons. The van der Waals surface area contributed by atoms with Gasteiger partial charge in [0.05, 0.1) is 26.3 Å². The predicted octanol–water partition coefficient (Wildman–Crippen LogP) is 3.10. The van der Waals surface area contributed by atoms with Crippen LogP contribution in [0.3, 0.4) is 0 Å². The Morgan fingerprint density at radius 2 is 1.93 bits per heavy atom. The first-order valence-electron chi connectivity index (χ1n) is 9.17. The molecule has 1 unspecified atom stereocenters. The van der Waals surface area contributed by atoms with E-state index in [0.29, 0.717) is 5.02 Å². The van der Waals surface area contributed by atoms with E-state index in [1.807, 2.05) is 37.3 Å². The summed E-state index contributed by atoms with van der Waals surface area (Å²) in [4.78, 5) is 14.1. The summed E-state index contributed by atoms with van der Waals surface area (Å²) in [5.74, 6) is 1.64. The summed E-state index contributed by atoms with van der Waals surface area (Å²) in [5.41, 5.74) is 1.85. The molecule has 2 N–H and O–H groups in total. The number of likely N-dealkylation sites (tertiary alicyclic amines) is 1. The number of ether oxygens (including phenoxy) is 2. The van der Waals surface area contributed by atoms with E-state index in [9.17, 15) is 4.79 Å². The Labute approximate surface area is 165 Å². The molecule has 1 saturated heterocycles. The number of benzene rings is 2. The molecule has 0 aliphatic carbocycles. The first kappa shape index (κ1) is 19.5. The summed E-state index contributed by atoms with van der Waals surface area (Å²) in [7, 11) is 3.34. The number of hydrogen-bond donors (Lipinski definition) is 2. The molecule has 0 saturated carbocycles. The topological polar surface area (TPSA) is 52.0 Å². The molecule has 1 fully saturated rings. The molecule has 0 bridgehead atoms. The number of carbonyl (C=O) groups excluding carboxylic acids is 1. The van der Waals surface area contributed by atoms with Crippen molar-refractivity contribution in [3.05, 3.63) is 53.1 Å². The van der Waals surface area contributed by atoms with Gasteiger partial charge in [-0.25, -0.2) is 0 Å². The van der Waals surface area contributed by atoms with Crippen molar-refractivity contribution in [1.29, 1.82) is 0 Å². The van der Waals surface area contributed by atoms with Gasteiger partial charge in [0.25, 0.3) is 5.91 Å². The number of amides is 1. The van der Waals surface area contributed by atoms with Crippen LogP contribution in [0.15, 0.2) is 42.5 Å². The fourth-order valence-corrected chi connectivity index (χ4v) is 3.93. The van der Waals surface area contributed by atoms with Gasteiger partial charge in [-0.05, 0) is 49.4 Å². The van der Waals surface area contributed by atoms with Crippen LogP contribution < -0.4 is 19.7 Å². The number of methoxy groups -OCH3 is 2. The summed E-state index contributed by atoms with van der Waals surface area (Å²) in [5, 5.41) is 3.64. The predicted molar refractivity (Wildman–Crippen MR) is 107 cm³/mol. The minimum atomic E-state index is -0.191. The van der Waals surface area contributed by atoms with Crippen molar-refractivity contribution in [1.82, 2.24) is 0 Å². The third-order valence-corrected chi connectivity index (χ3v) is 5.53. The molecule has 1 aliphatic rings. The monoisotopic (exact) mass is 389 g/mol. The number of hydrogen-bond acceptors (Lipinski definition) is 3. The number of nitrogens with one attached hydrogen (secondary N) is 2. The zero-order chi connectivity index (χ0) is 19.4. The van der Waals surface area contributed by atoms with E-state index >= 15 is 0 Å². The maximum absolute atomic E-state index is 12.8. The molecule has 1 heterocycles. The summed E-state index contributed by atoms with van der Waals surface area (Å²) >= 11 is 5.92. The lowest BCUT2D eigenvalue weighted by molar-refractivity contribution is -0.932. The van der Waals surface area contributed by atoms with Crippen LogP contribution in [0.25, 0.3) is 0 Å². The number of carbonyl (C=O) groups is 1. The highest BCUT2D eigenvalue weighted by atomic mass is 35.5. The van der Waals surface area contributed by atoms with Gasteiger partial charge in [0.1, 0.15) is 17.5 Å². The van der Waals surface area contributed by atoms with Gasteiger partial charge in [0.15, 0.2) is 6.04 Å². The number of anilines is 1. The minimum Gasteiger partial charge on any atom is -0.497 e. The maximum atomic E-state index is 12.8. The second kappa shape index (κ2) is 8.63. The molecular formula is C21H26ClN2O3+. The smallest absolute Gasteiger partial charge is 0.282 e. The van der Waals surface area contributed by atoms with E-state index in [1.165, 1.54) is 4.90 Å². The first-order chi connectivity index (χ1) is 13.0. The van der Waals surface area contributed by atoms with Gasteiger partial charge >= 0.3 is 0 Å². The van der Waals surface area contributed by atoms with Crippen molar-refractivity contribution in [3.8, 4) is 11.5 Å². The third kappa shape index (κ3) is 4.37. The average Bonchev–Trinajstić information content (AvgIpc) is 3.18. The Kier molecular flexibility index (Phi) is 6.24. The highest BCUT2D eigenvalue weighted by molar-refractivity contribution is 6.30. The molecule has 27 heavy (non-hydrogen) atoms. The molecule has 2 aromatic rings. The van der Waals surface area contributed by atoms with Gasteiger partial charge in [-0.1, -0.05) is 11.6 Å². The molecule has 1 amide bonds. The summed E-state index contributed by atoms with van der Waals surface area (Å²) in [6.45, 7) is 2.92. The SMILES string of the molecule is COc1ccc(OC)c([C@H]2CCC[NH+]2[C@@H](C)C(=O)Nc2ccc(Cl)cc2)c1. The lowest BCUT2D eigenvalue weighted by Crippen LogP contribution is -3.15. The Hall–Kier alpha value is -2.24. The van der Waals surface area contributed by atoms with Gasteiger partial charge < -0.3 is 19.7 Å². The van der Waals surface area contributed by atoms with Crippen molar-refractivity contribution in [2.45, 2.75) is 31.8 Å². The number of halogens is 1. The maximum Gasteiger partial charge on any atom is 0.282 e. The van der Waals surface area contributed by atoms with Crippen molar-refractivity contribution in [2.24, 2.45) is 0 Å². The third-order valence-electron chi connectivity index (χ3n) is 5.28. The van der Waals surface area contributed by atoms with E-state index in [-0.39, 0.29) is 18.0 Å². The van der Waals surface area contributed by atoms with Crippen LogP contribution in [0, 0.1) is 0 Å². The average molecular weight is 390 g/mol. The molecule has 5 nitrogen and oxygen atoms in total. The van der Waals surface area contributed by atoms with Crippen molar-refractivity contribution < 1.29 is 19.2 Å². The van der Waals surface area contributed by atoms with Crippen molar-refractivity contribution >= 4 is 23.2 Å². The zero-order valence-corrected chi connectivity index (χ0v) is 16.7. The molecule has 2 aromatic carbocycles. The molecule has 0 spiro atoms. The van der Waals surface area contributed by atoms with Crippen LogP contribution in [0.5, 0.6) is 11.5 Å². The largest absolute Gasteiger partial charge is 0.497 e. The summed E-state index contributed by atoms with van der Waals surface area (Å²) in [6.07, 6.45) is 2.08. The van der Waals surface area contributed by atoms with E-state index in [4.69, 9.17) is 21.1 Å². The lowest BCUT2D eigenvalue weighted by atomic mass is 10.0. The highest BCUT2D eigenvalue weighted by Gasteiger charge is 2.38. The van der Waals surface area contributed by atoms with E-state index in [0.717, 1.165) is 42.1 Å². The van der Waals surface area contributed by atoms with Gasteiger partial charge in [-0.3, -0.25) is 4.79 Å². The Balaban J connectivity index is 1.79. The molecule has 1 aliphatic heterocycles. The first-order valence-corrected chi connectivity index (χ1v) is 9.55. The zero-order valence-electron chi connectivity index (χ0n) is 15.9. The fraction of sp³-hybridized carbons (Fsp3) is 0.381. The van der Waals surface area contributed by atoms with Crippen LogP contribution in [-0.4, -0.2) is 32.7 Å². The van der Waals surface area contributed by atoms with E-state index in [1.54, 1.807) is 26.4 Å². The van der Waals surface area contributed by atoms with Crippen molar-refractivity contribution in [2.75, 3.05) is 26.1 Å². The highest BCUT2D eigenvalue weighted by Crippen LogP contribution is 2.32. The van der Waals surface area contributed by atoms with Crippen LogP contribution in [0.4, 0.5) is 5.69 Å². The molecule has 3 atom stereocenters. The Morgan fingerprint density at radius 3 is 2.59 bits per heavy atom. The standard InChI is InChI=1S/C21H25ClN2O3/c1-14(21(25)23-16-8-6-15(22)7-9-16)24-12-4-5-19(24)18-13-17(26-2)10-11-20(18)27-3/h6-11,13-14,19H,4-5,12H2,1-3H3,(H,23,25)/p+1/t14-,19+/m0/s1. The Morgan fingerprint density at radius 1 is 1.19 bits per heavy atom.